The molecule has 1 unspecified atom stereocenters. The number of carbonyl (C=O) groups excluding carboxylic acids is 2. The summed E-state index contributed by atoms with van der Waals surface area (Å²) in [5.41, 5.74) is 1.72. The Kier molecular flexibility index (Phi) is 5.79. The van der Waals surface area contributed by atoms with Crippen LogP contribution in [-0.4, -0.2) is 48.6 Å². The third kappa shape index (κ3) is 3.57. The molecule has 6 nitrogen and oxygen atoms in total. The van der Waals surface area contributed by atoms with Gasteiger partial charge in [0, 0.05) is 19.7 Å². The van der Waals surface area contributed by atoms with Crippen LogP contribution in [0, 0.1) is 5.92 Å². The number of likely N-dealkylation sites (tertiary alicyclic amines) is 1. The molecule has 0 bridgehead atoms. The number of piperidine rings is 1. The molecule has 7 heteroatoms. The van der Waals surface area contributed by atoms with Crippen molar-refractivity contribution >= 4 is 34.7 Å². The number of hydrogen-bond donors (Lipinski definition) is 1. The number of aliphatic hydroxyl groups is 1. The Morgan fingerprint density at radius 3 is 2.50 bits per heavy atom. The molecule has 2 aliphatic heterocycles. The van der Waals surface area contributed by atoms with E-state index in [2.05, 4.69) is 0 Å². The van der Waals surface area contributed by atoms with Gasteiger partial charge in [0.25, 0.3) is 11.8 Å². The highest BCUT2D eigenvalue weighted by Crippen LogP contribution is 2.38. The first kappa shape index (κ1) is 20.4. The van der Waals surface area contributed by atoms with E-state index >= 15 is 0 Å². The van der Waals surface area contributed by atoms with E-state index in [1.807, 2.05) is 4.90 Å². The maximum absolute atomic E-state index is 13.5. The number of imide groups is 1. The van der Waals surface area contributed by atoms with Gasteiger partial charge in [-0.15, -0.1) is 0 Å². The summed E-state index contributed by atoms with van der Waals surface area (Å²) >= 11 is 6.32. The largest absolute Gasteiger partial charge is 0.497 e. The minimum absolute atomic E-state index is 0.0536. The topological polar surface area (TPSA) is 70.1 Å². The maximum atomic E-state index is 13.5. The van der Waals surface area contributed by atoms with Crippen molar-refractivity contribution in [2.45, 2.75) is 12.8 Å². The monoisotopic (exact) mass is 426 g/mol. The van der Waals surface area contributed by atoms with E-state index in [9.17, 15) is 14.7 Å². The fourth-order valence-electron chi connectivity index (χ4n) is 4.10. The third-order valence-corrected chi connectivity index (χ3v) is 5.94. The number of nitrogens with zero attached hydrogens (tertiary/aromatic N) is 2. The first-order chi connectivity index (χ1) is 14.5. The zero-order valence-corrected chi connectivity index (χ0v) is 17.4. The van der Waals surface area contributed by atoms with Gasteiger partial charge in [-0.25, -0.2) is 4.90 Å². The second kappa shape index (κ2) is 8.50. The van der Waals surface area contributed by atoms with Crippen molar-refractivity contribution in [3.05, 3.63) is 64.8 Å². The fraction of sp³-hybridized carbons (Fsp3) is 0.304. The van der Waals surface area contributed by atoms with Crippen LogP contribution >= 0.6 is 11.6 Å². The number of para-hydroxylation sites is 1. The molecule has 2 aliphatic rings. The third-order valence-electron chi connectivity index (χ3n) is 5.62. The van der Waals surface area contributed by atoms with Gasteiger partial charge in [-0.3, -0.25) is 9.59 Å². The molecule has 2 aromatic carbocycles. The van der Waals surface area contributed by atoms with E-state index in [0.717, 1.165) is 17.7 Å². The molecule has 1 fully saturated rings. The van der Waals surface area contributed by atoms with E-state index in [1.165, 1.54) is 0 Å². The predicted molar refractivity (Wildman–Crippen MR) is 115 cm³/mol. The molecule has 2 aromatic rings. The van der Waals surface area contributed by atoms with Gasteiger partial charge in [-0.05, 0) is 48.6 Å². The highest BCUT2D eigenvalue weighted by atomic mass is 35.5. The fourth-order valence-corrected chi connectivity index (χ4v) is 4.32. The highest BCUT2D eigenvalue weighted by Gasteiger charge is 2.43. The summed E-state index contributed by atoms with van der Waals surface area (Å²) in [5, 5.41) is 9.97. The van der Waals surface area contributed by atoms with Crippen molar-refractivity contribution in [2.24, 2.45) is 5.92 Å². The average molecular weight is 427 g/mol. The van der Waals surface area contributed by atoms with Crippen molar-refractivity contribution in [3.8, 4) is 5.75 Å². The number of amides is 2. The van der Waals surface area contributed by atoms with Crippen LogP contribution in [0.25, 0.3) is 5.57 Å². The van der Waals surface area contributed by atoms with Crippen LogP contribution in [0.2, 0.25) is 5.02 Å². The Morgan fingerprint density at radius 2 is 1.83 bits per heavy atom. The Bertz CT molecular complexity index is 1000. The van der Waals surface area contributed by atoms with Gasteiger partial charge >= 0.3 is 0 Å². The Labute approximate surface area is 180 Å². The molecule has 1 saturated heterocycles. The second-order valence-corrected chi connectivity index (χ2v) is 7.89. The Balaban J connectivity index is 1.82. The van der Waals surface area contributed by atoms with Crippen LogP contribution < -0.4 is 9.64 Å². The van der Waals surface area contributed by atoms with Gasteiger partial charge < -0.3 is 14.7 Å². The van der Waals surface area contributed by atoms with E-state index in [-0.39, 0.29) is 12.5 Å². The number of benzene rings is 2. The van der Waals surface area contributed by atoms with Crippen LogP contribution in [0.4, 0.5) is 5.69 Å². The second-order valence-electron chi connectivity index (χ2n) is 7.49. The molecule has 0 aliphatic carbocycles. The number of methoxy groups -OCH3 is 1. The number of carbonyl (C=O) groups is 2. The SMILES string of the molecule is COc1ccc(C2=C(N3CCCC(CO)C3)C(=O)N(c3ccccc3Cl)C2=O)cc1. The van der Waals surface area contributed by atoms with Gasteiger partial charge in [0.15, 0.2) is 0 Å². The number of anilines is 1. The summed E-state index contributed by atoms with van der Waals surface area (Å²) in [6.07, 6.45) is 1.74. The van der Waals surface area contributed by atoms with Gasteiger partial charge in [0.2, 0.25) is 0 Å². The van der Waals surface area contributed by atoms with E-state index in [1.54, 1.807) is 55.6 Å². The molecule has 0 aromatic heterocycles. The number of rotatable bonds is 5. The van der Waals surface area contributed by atoms with Crippen LogP contribution in [0.15, 0.2) is 54.2 Å². The lowest BCUT2D eigenvalue weighted by Crippen LogP contribution is -2.40. The molecule has 2 amide bonds. The summed E-state index contributed by atoms with van der Waals surface area (Å²) in [5.74, 6) is -0.0588. The smallest absolute Gasteiger partial charge is 0.282 e. The lowest BCUT2D eigenvalue weighted by Gasteiger charge is -2.34. The van der Waals surface area contributed by atoms with E-state index < -0.39 is 11.8 Å². The first-order valence-electron chi connectivity index (χ1n) is 9.93. The van der Waals surface area contributed by atoms with Crippen LogP contribution in [0.1, 0.15) is 18.4 Å². The van der Waals surface area contributed by atoms with Crippen molar-refractivity contribution in [3.63, 3.8) is 0 Å². The van der Waals surface area contributed by atoms with Crippen LogP contribution in [0.5, 0.6) is 5.75 Å². The Morgan fingerprint density at radius 1 is 1.10 bits per heavy atom. The van der Waals surface area contributed by atoms with Gasteiger partial charge in [0.1, 0.15) is 11.4 Å². The molecule has 156 valence electrons. The van der Waals surface area contributed by atoms with Gasteiger partial charge in [0.05, 0.1) is 23.4 Å². The van der Waals surface area contributed by atoms with Crippen molar-refractivity contribution in [2.75, 3.05) is 31.7 Å². The zero-order chi connectivity index (χ0) is 21.3. The standard InChI is InChI=1S/C23H23ClN2O4/c1-30-17-10-8-16(9-11-17)20-21(25-12-4-5-15(13-25)14-27)23(29)26(22(20)28)19-7-3-2-6-18(19)24/h2-3,6-11,15,27H,4-5,12-14H2,1H3. The van der Waals surface area contributed by atoms with Gasteiger partial charge in [-0.1, -0.05) is 35.9 Å². The quantitative estimate of drug-likeness (QED) is 0.742. The molecule has 0 saturated carbocycles. The number of hydrogen-bond acceptors (Lipinski definition) is 5. The molecule has 0 spiro atoms. The highest BCUT2D eigenvalue weighted by molar-refractivity contribution is 6.47. The molecular weight excluding hydrogens is 404 g/mol. The summed E-state index contributed by atoms with van der Waals surface area (Å²) in [4.78, 5) is 30.1. The lowest BCUT2D eigenvalue weighted by molar-refractivity contribution is -0.120. The summed E-state index contributed by atoms with van der Waals surface area (Å²) in [7, 11) is 1.58. The van der Waals surface area contributed by atoms with Crippen LogP contribution in [0.3, 0.4) is 0 Å². The van der Waals surface area contributed by atoms with Gasteiger partial charge in [-0.2, -0.15) is 0 Å². The zero-order valence-electron chi connectivity index (χ0n) is 16.7. The van der Waals surface area contributed by atoms with Crippen molar-refractivity contribution in [1.82, 2.24) is 4.90 Å². The summed E-state index contributed by atoms with van der Waals surface area (Å²) in [6, 6.07) is 13.9. The number of ether oxygens (including phenoxy) is 1. The molecule has 2 heterocycles. The van der Waals surface area contributed by atoms with Crippen LogP contribution in [-0.2, 0) is 9.59 Å². The number of aliphatic hydroxyl groups excluding tert-OH is 1. The molecule has 1 atom stereocenters. The maximum Gasteiger partial charge on any atom is 0.282 e. The molecule has 0 radical (unpaired) electrons. The minimum atomic E-state index is -0.403. The molecule has 4 rings (SSSR count). The van der Waals surface area contributed by atoms with Crippen molar-refractivity contribution < 1.29 is 19.4 Å². The Hall–Kier alpha value is -2.83. The lowest BCUT2D eigenvalue weighted by atomic mass is 9.97. The normalized spacial score (nSPS) is 19.6. The summed E-state index contributed by atoms with van der Waals surface area (Å²) < 4.78 is 5.22. The molecule has 30 heavy (non-hydrogen) atoms. The van der Waals surface area contributed by atoms with E-state index in [0.29, 0.717) is 46.4 Å². The first-order valence-corrected chi connectivity index (χ1v) is 10.3. The summed E-state index contributed by atoms with van der Waals surface area (Å²) in [6.45, 7) is 1.24. The van der Waals surface area contributed by atoms with E-state index in [4.69, 9.17) is 16.3 Å². The minimum Gasteiger partial charge on any atom is -0.497 e. The predicted octanol–water partition coefficient (Wildman–Crippen LogP) is 3.34. The molecular formula is C23H23ClN2O4. The molecule has 1 N–H and O–H groups in total. The average Bonchev–Trinajstić information content (AvgIpc) is 3.04. The number of halogens is 1. The van der Waals surface area contributed by atoms with Crippen molar-refractivity contribution in [1.29, 1.82) is 0 Å².